The minimum Gasteiger partial charge on any atom is -0.379 e. The summed E-state index contributed by atoms with van der Waals surface area (Å²) in [5.41, 5.74) is 0.0245. The molecule has 0 heterocycles. The van der Waals surface area contributed by atoms with Crippen molar-refractivity contribution in [2.24, 2.45) is 5.92 Å². The molecule has 1 saturated carbocycles. The maximum absolute atomic E-state index is 5.54. The summed E-state index contributed by atoms with van der Waals surface area (Å²) < 4.78 is 5.54. The van der Waals surface area contributed by atoms with Crippen molar-refractivity contribution in [3.8, 4) is 0 Å². The van der Waals surface area contributed by atoms with Crippen molar-refractivity contribution in [3.05, 3.63) is 0 Å². The van der Waals surface area contributed by atoms with Crippen LogP contribution in [0, 0.1) is 5.92 Å². The second kappa shape index (κ2) is 8.16. The molecule has 0 amide bonds. The van der Waals surface area contributed by atoms with Gasteiger partial charge in [-0.05, 0) is 52.5 Å². The molecule has 1 N–H and O–H groups in total. The first-order chi connectivity index (χ1) is 8.59. The number of nitrogens with one attached hydrogen (secondary N) is 1. The van der Waals surface area contributed by atoms with Gasteiger partial charge in [-0.15, -0.1) is 0 Å². The van der Waals surface area contributed by atoms with Crippen LogP contribution in [0.5, 0.6) is 0 Å². The number of methoxy groups -OCH3 is 1. The first-order valence-corrected chi connectivity index (χ1v) is 7.81. The SMILES string of the molecule is CNC(CCC(C)(C)OC)C1CCCCCCC1. The summed E-state index contributed by atoms with van der Waals surface area (Å²) in [7, 11) is 3.95. The quantitative estimate of drug-likeness (QED) is 0.770. The van der Waals surface area contributed by atoms with Crippen molar-refractivity contribution in [2.75, 3.05) is 14.2 Å². The van der Waals surface area contributed by atoms with Gasteiger partial charge in [-0.25, -0.2) is 0 Å². The smallest absolute Gasteiger partial charge is 0.0623 e. The molecule has 0 aromatic heterocycles. The Hall–Kier alpha value is -0.0800. The number of hydrogen-bond acceptors (Lipinski definition) is 2. The summed E-state index contributed by atoms with van der Waals surface area (Å²) in [6, 6.07) is 0.678. The van der Waals surface area contributed by atoms with E-state index in [4.69, 9.17) is 4.74 Å². The summed E-state index contributed by atoms with van der Waals surface area (Å²) in [5.74, 6) is 0.878. The molecular weight excluding hydrogens is 222 g/mol. The molecule has 1 aliphatic carbocycles. The third-order valence-electron chi connectivity index (χ3n) is 4.70. The zero-order chi connectivity index (χ0) is 13.4. The zero-order valence-corrected chi connectivity index (χ0v) is 12.9. The molecule has 0 bridgehead atoms. The van der Waals surface area contributed by atoms with E-state index in [9.17, 15) is 0 Å². The molecule has 1 fully saturated rings. The summed E-state index contributed by atoms with van der Waals surface area (Å²) in [5, 5.41) is 3.56. The molecule has 0 radical (unpaired) electrons. The van der Waals surface area contributed by atoms with Gasteiger partial charge >= 0.3 is 0 Å². The van der Waals surface area contributed by atoms with Gasteiger partial charge in [0.1, 0.15) is 0 Å². The third kappa shape index (κ3) is 5.71. The standard InChI is InChI=1S/C16H33NO/c1-16(2,18-4)13-12-15(17-3)14-10-8-6-5-7-9-11-14/h14-15,17H,5-13H2,1-4H3. The molecule has 2 nitrogen and oxygen atoms in total. The summed E-state index contributed by atoms with van der Waals surface area (Å²) in [4.78, 5) is 0. The van der Waals surface area contributed by atoms with Crippen molar-refractivity contribution >= 4 is 0 Å². The van der Waals surface area contributed by atoms with Crippen LogP contribution in [0.4, 0.5) is 0 Å². The molecule has 1 aliphatic rings. The molecule has 0 aromatic carbocycles. The molecule has 18 heavy (non-hydrogen) atoms. The molecule has 1 atom stereocenters. The minimum atomic E-state index is 0.0245. The van der Waals surface area contributed by atoms with Crippen molar-refractivity contribution in [2.45, 2.75) is 83.3 Å². The van der Waals surface area contributed by atoms with E-state index >= 15 is 0 Å². The van der Waals surface area contributed by atoms with Gasteiger partial charge in [0.2, 0.25) is 0 Å². The predicted octanol–water partition coefficient (Wildman–Crippen LogP) is 4.14. The molecule has 2 heteroatoms. The summed E-state index contributed by atoms with van der Waals surface area (Å²) in [6.07, 6.45) is 12.4. The highest BCUT2D eigenvalue weighted by Gasteiger charge is 2.24. The highest BCUT2D eigenvalue weighted by molar-refractivity contribution is 4.80. The van der Waals surface area contributed by atoms with Crippen molar-refractivity contribution in [1.29, 1.82) is 0 Å². The lowest BCUT2D eigenvalue weighted by Gasteiger charge is -2.31. The second-order valence-corrected chi connectivity index (χ2v) is 6.50. The van der Waals surface area contributed by atoms with E-state index in [1.165, 1.54) is 51.4 Å². The lowest BCUT2D eigenvalue weighted by Crippen LogP contribution is -2.36. The van der Waals surface area contributed by atoms with Crippen LogP contribution >= 0.6 is 0 Å². The van der Waals surface area contributed by atoms with Crippen LogP contribution in [-0.4, -0.2) is 25.8 Å². The Kier molecular flexibility index (Phi) is 7.25. The molecule has 108 valence electrons. The van der Waals surface area contributed by atoms with Crippen LogP contribution in [-0.2, 0) is 4.74 Å². The summed E-state index contributed by atoms with van der Waals surface area (Å²) >= 11 is 0. The molecule has 1 unspecified atom stereocenters. The van der Waals surface area contributed by atoms with Gasteiger partial charge in [0, 0.05) is 13.2 Å². The first-order valence-electron chi connectivity index (χ1n) is 7.81. The van der Waals surface area contributed by atoms with Gasteiger partial charge in [0.05, 0.1) is 5.60 Å². The van der Waals surface area contributed by atoms with E-state index in [2.05, 4.69) is 26.2 Å². The lowest BCUT2D eigenvalue weighted by atomic mass is 9.83. The van der Waals surface area contributed by atoms with E-state index in [0.717, 1.165) is 12.3 Å². The van der Waals surface area contributed by atoms with Crippen molar-refractivity contribution in [3.63, 3.8) is 0 Å². The van der Waals surface area contributed by atoms with Crippen LogP contribution in [0.15, 0.2) is 0 Å². The fourth-order valence-corrected chi connectivity index (χ4v) is 3.11. The Morgan fingerprint density at radius 2 is 1.67 bits per heavy atom. The van der Waals surface area contributed by atoms with Gasteiger partial charge in [0.25, 0.3) is 0 Å². The Bertz CT molecular complexity index is 207. The average molecular weight is 255 g/mol. The van der Waals surface area contributed by atoms with Crippen molar-refractivity contribution < 1.29 is 4.74 Å². The van der Waals surface area contributed by atoms with Gasteiger partial charge in [-0.2, -0.15) is 0 Å². The molecular formula is C16H33NO. The average Bonchev–Trinajstić information content (AvgIpc) is 2.31. The van der Waals surface area contributed by atoms with Crippen molar-refractivity contribution in [1.82, 2.24) is 5.32 Å². The van der Waals surface area contributed by atoms with E-state index in [1.54, 1.807) is 0 Å². The van der Waals surface area contributed by atoms with Gasteiger partial charge in [-0.1, -0.05) is 32.1 Å². The summed E-state index contributed by atoms with van der Waals surface area (Å²) in [6.45, 7) is 4.38. The number of ether oxygens (including phenoxy) is 1. The van der Waals surface area contributed by atoms with E-state index < -0.39 is 0 Å². The van der Waals surface area contributed by atoms with Gasteiger partial charge < -0.3 is 10.1 Å². The van der Waals surface area contributed by atoms with Gasteiger partial charge in [0.15, 0.2) is 0 Å². The highest BCUT2D eigenvalue weighted by Crippen LogP contribution is 2.28. The topological polar surface area (TPSA) is 21.3 Å². The van der Waals surface area contributed by atoms with Crippen LogP contribution in [0.1, 0.15) is 71.6 Å². The molecule has 1 rings (SSSR count). The van der Waals surface area contributed by atoms with Crippen LogP contribution in [0.3, 0.4) is 0 Å². The van der Waals surface area contributed by atoms with Crippen LogP contribution in [0.25, 0.3) is 0 Å². The number of hydrogen-bond donors (Lipinski definition) is 1. The largest absolute Gasteiger partial charge is 0.379 e. The lowest BCUT2D eigenvalue weighted by molar-refractivity contribution is 0.00998. The molecule has 0 spiro atoms. The third-order valence-corrected chi connectivity index (χ3v) is 4.70. The number of rotatable bonds is 6. The maximum atomic E-state index is 5.54. The highest BCUT2D eigenvalue weighted by atomic mass is 16.5. The zero-order valence-electron chi connectivity index (χ0n) is 12.9. The normalized spacial score (nSPS) is 21.3. The van der Waals surface area contributed by atoms with E-state index in [-0.39, 0.29) is 5.60 Å². The Labute approximate surface area is 114 Å². The fraction of sp³-hybridized carbons (Fsp3) is 1.00. The Morgan fingerprint density at radius 1 is 1.11 bits per heavy atom. The molecule has 0 aliphatic heterocycles. The monoisotopic (exact) mass is 255 g/mol. The van der Waals surface area contributed by atoms with Crippen LogP contribution < -0.4 is 5.32 Å². The fourth-order valence-electron chi connectivity index (χ4n) is 3.11. The predicted molar refractivity (Wildman–Crippen MR) is 79.0 cm³/mol. The molecule has 0 saturated heterocycles. The Morgan fingerprint density at radius 3 is 2.17 bits per heavy atom. The van der Waals surface area contributed by atoms with Gasteiger partial charge in [-0.3, -0.25) is 0 Å². The minimum absolute atomic E-state index is 0.0245. The molecule has 0 aromatic rings. The maximum Gasteiger partial charge on any atom is 0.0623 e. The first kappa shape index (κ1) is 16.0. The van der Waals surface area contributed by atoms with E-state index in [1.807, 2.05) is 7.11 Å². The van der Waals surface area contributed by atoms with E-state index in [0.29, 0.717) is 6.04 Å². The van der Waals surface area contributed by atoms with Crippen LogP contribution in [0.2, 0.25) is 0 Å². The second-order valence-electron chi connectivity index (χ2n) is 6.50. The Balaban J connectivity index is 2.42.